The van der Waals surface area contributed by atoms with E-state index in [-0.39, 0.29) is 0 Å². The van der Waals surface area contributed by atoms with Crippen molar-refractivity contribution in [1.29, 1.82) is 0 Å². The Morgan fingerprint density at radius 1 is 1.42 bits per heavy atom. The highest BCUT2D eigenvalue weighted by Crippen LogP contribution is 2.16. The lowest BCUT2D eigenvalue weighted by molar-refractivity contribution is 0.112. The van der Waals surface area contributed by atoms with Gasteiger partial charge in [-0.25, -0.2) is 10.3 Å². The molecule has 0 aliphatic rings. The Labute approximate surface area is 114 Å². The third kappa shape index (κ3) is 3.19. The largest absolute Gasteiger partial charge is 0.383 e. The third-order valence-corrected chi connectivity index (χ3v) is 3.55. The maximum Gasteiger partial charge on any atom is 0.367 e. The number of amides is 2. The van der Waals surface area contributed by atoms with Crippen LogP contribution in [0.2, 0.25) is 0 Å². The molecular weight excluding hydrogens is 266 g/mol. The van der Waals surface area contributed by atoms with Crippen molar-refractivity contribution in [2.75, 3.05) is 20.8 Å². The van der Waals surface area contributed by atoms with E-state index in [0.717, 1.165) is 10.2 Å². The van der Waals surface area contributed by atoms with Crippen molar-refractivity contribution in [3.05, 3.63) is 29.1 Å². The van der Waals surface area contributed by atoms with Crippen molar-refractivity contribution in [2.24, 2.45) is 4.99 Å². The van der Waals surface area contributed by atoms with Crippen molar-refractivity contribution in [3.63, 3.8) is 0 Å². The molecule has 6 nitrogen and oxygen atoms in total. The number of hydrogen-bond acceptors (Lipinski definition) is 4. The van der Waals surface area contributed by atoms with Crippen molar-refractivity contribution < 1.29 is 14.4 Å². The molecule has 0 atom stereocenters. The van der Waals surface area contributed by atoms with E-state index in [0.29, 0.717) is 18.0 Å². The molecule has 0 bridgehead atoms. The summed E-state index contributed by atoms with van der Waals surface area (Å²) in [5.41, 5.74) is 3.21. The predicted octanol–water partition coefficient (Wildman–Crippen LogP) is 1.52. The highest BCUT2D eigenvalue weighted by molar-refractivity contribution is 7.16. The summed E-state index contributed by atoms with van der Waals surface area (Å²) in [6, 6.07) is 7.38. The van der Waals surface area contributed by atoms with Crippen LogP contribution in [0.4, 0.5) is 4.79 Å². The monoisotopic (exact) mass is 281 g/mol. The molecule has 102 valence electrons. The number of benzene rings is 1. The van der Waals surface area contributed by atoms with E-state index in [4.69, 9.17) is 4.74 Å². The zero-order valence-electron chi connectivity index (χ0n) is 10.8. The second-order valence-electron chi connectivity index (χ2n) is 3.72. The summed E-state index contributed by atoms with van der Waals surface area (Å²) >= 11 is 1.45. The normalized spacial score (nSPS) is 12.0. The van der Waals surface area contributed by atoms with Crippen LogP contribution < -0.4 is 10.3 Å². The molecule has 0 aliphatic heterocycles. The lowest BCUT2D eigenvalue weighted by Crippen LogP contribution is -2.24. The zero-order chi connectivity index (χ0) is 13.7. The van der Waals surface area contributed by atoms with Gasteiger partial charge in [-0.05, 0) is 12.1 Å². The summed E-state index contributed by atoms with van der Waals surface area (Å²) in [5, 5.41) is 0. The molecule has 2 aromatic rings. The quantitative estimate of drug-likeness (QED) is 0.864. The summed E-state index contributed by atoms with van der Waals surface area (Å²) in [5.74, 6) is 0. The first kappa shape index (κ1) is 13.7. The SMILES string of the molecule is COCCn1c(=NC(=O)NOC)sc2ccccc21. The average molecular weight is 281 g/mol. The maximum atomic E-state index is 11.5. The molecule has 1 N–H and O–H groups in total. The van der Waals surface area contributed by atoms with E-state index in [9.17, 15) is 4.79 Å². The van der Waals surface area contributed by atoms with Crippen LogP contribution in [-0.2, 0) is 16.1 Å². The number of thiazole rings is 1. The number of fused-ring (bicyclic) bond motifs is 1. The number of para-hydroxylation sites is 1. The van der Waals surface area contributed by atoms with Gasteiger partial charge in [0.2, 0.25) is 0 Å². The minimum atomic E-state index is -0.528. The molecule has 0 aliphatic carbocycles. The number of hydroxylamine groups is 1. The van der Waals surface area contributed by atoms with Gasteiger partial charge in [-0.1, -0.05) is 23.5 Å². The number of methoxy groups -OCH3 is 1. The van der Waals surface area contributed by atoms with Crippen LogP contribution in [0.3, 0.4) is 0 Å². The average Bonchev–Trinajstić information content (AvgIpc) is 2.74. The number of rotatable bonds is 4. The fourth-order valence-corrected chi connectivity index (χ4v) is 2.76. The molecule has 0 radical (unpaired) electrons. The van der Waals surface area contributed by atoms with Crippen LogP contribution in [0.1, 0.15) is 0 Å². The molecular formula is C12H15N3O3S. The summed E-state index contributed by atoms with van der Waals surface area (Å²) in [6.07, 6.45) is 0. The minimum Gasteiger partial charge on any atom is -0.383 e. The van der Waals surface area contributed by atoms with Crippen molar-refractivity contribution >= 4 is 27.6 Å². The Bertz CT molecular complexity index is 632. The molecule has 19 heavy (non-hydrogen) atoms. The van der Waals surface area contributed by atoms with Gasteiger partial charge in [-0.2, -0.15) is 4.99 Å². The van der Waals surface area contributed by atoms with E-state index < -0.39 is 6.03 Å². The lowest BCUT2D eigenvalue weighted by atomic mass is 10.3. The number of nitrogens with one attached hydrogen (secondary N) is 1. The van der Waals surface area contributed by atoms with Crippen LogP contribution in [-0.4, -0.2) is 31.4 Å². The molecule has 0 saturated heterocycles. The number of carbonyl (C=O) groups excluding carboxylic acids is 1. The first-order valence-electron chi connectivity index (χ1n) is 5.71. The minimum absolute atomic E-state index is 0.528. The van der Waals surface area contributed by atoms with Crippen LogP contribution in [0.15, 0.2) is 29.3 Å². The van der Waals surface area contributed by atoms with Gasteiger partial charge in [0.1, 0.15) is 0 Å². The maximum absolute atomic E-state index is 11.5. The van der Waals surface area contributed by atoms with Gasteiger partial charge < -0.3 is 9.30 Å². The first-order valence-corrected chi connectivity index (χ1v) is 6.53. The van der Waals surface area contributed by atoms with Crippen LogP contribution in [0, 0.1) is 0 Å². The van der Waals surface area contributed by atoms with Crippen molar-refractivity contribution in [1.82, 2.24) is 10.0 Å². The second kappa shape index (κ2) is 6.46. The summed E-state index contributed by atoms with van der Waals surface area (Å²) < 4.78 is 8.12. The number of urea groups is 1. The molecule has 0 spiro atoms. The van der Waals surface area contributed by atoms with Gasteiger partial charge in [-0.3, -0.25) is 4.84 Å². The van der Waals surface area contributed by atoms with Gasteiger partial charge >= 0.3 is 6.03 Å². The van der Waals surface area contributed by atoms with Gasteiger partial charge in [0, 0.05) is 13.7 Å². The van der Waals surface area contributed by atoms with Crippen molar-refractivity contribution in [3.8, 4) is 0 Å². The van der Waals surface area contributed by atoms with Gasteiger partial charge in [0.15, 0.2) is 4.80 Å². The fraction of sp³-hybridized carbons (Fsp3) is 0.333. The number of aromatic nitrogens is 1. The molecule has 0 saturated carbocycles. The molecule has 2 rings (SSSR count). The van der Waals surface area contributed by atoms with Gasteiger partial charge in [0.05, 0.1) is 23.9 Å². The number of hydrogen-bond donors (Lipinski definition) is 1. The Morgan fingerprint density at radius 2 is 2.21 bits per heavy atom. The van der Waals surface area contributed by atoms with E-state index in [1.54, 1.807) is 7.11 Å². The number of carbonyl (C=O) groups is 1. The molecule has 1 aromatic heterocycles. The second-order valence-corrected chi connectivity index (χ2v) is 4.73. The third-order valence-electron chi connectivity index (χ3n) is 2.49. The summed E-state index contributed by atoms with van der Waals surface area (Å²) in [7, 11) is 3.01. The Morgan fingerprint density at radius 3 is 2.95 bits per heavy atom. The highest BCUT2D eigenvalue weighted by atomic mass is 32.1. The molecule has 1 heterocycles. The topological polar surface area (TPSA) is 64.9 Å². The number of nitrogens with zero attached hydrogens (tertiary/aromatic N) is 2. The standard InChI is InChI=1S/C12H15N3O3S/c1-17-8-7-15-9-5-3-4-6-10(9)19-12(15)13-11(16)14-18-2/h3-6H,7-8H2,1-2H3,(H,14,16). The Hall–Kier alpha value is -1.70. The van der Waals surface area contributed by atoms with Crippen LogP contribution >= 0.6 is 11.3 Å². The molecule has 1 aromatic carbocycles. The van der Waals surface area contributed by atoms with Gasteiger partial charge in [-0.15, -0.1) is 0 Å². The van der Waals surface area contributed by atoms with Crippen LogP contribution in [0.25, 0.3) is 10.2 Å². The predicted molar refractivity (Wildman–Crippen MR) is 72.8 cm³/mol. The lowest BCUT2D eigenvalue weighted by Gasteiger charge is -2.03. The van der Waals surface area contributed by atoms with Gasteiger partial charge in [0.25, 0.3) is 0 Å². The van der Waals surface area contributed by atoms with Crippen molar-refractivity contribution in [2.45, 2.75) is 6.54 Å². The molecule has 7 heteroatoms. The van der Waals surface area contributed by atoms with E-state index in [1.165, 1.54) is 18.4 Å². The van der Waals surface area contributed by atoms with E-state index in [2.05, 4.69) is 15.3 Å². The fourth-order valence-electron chi connectivity index (χ4n) is 1.70. The smallest absolute Gasteiger partial charge is 0.367 e. The molecule has 2 amide bonds. The molecule has 0 unspecified atom stereocenters. The Kier molecular flexibility index (Phi) is 4.67. The van der Waals surface area contributed by atoms with Crippen LogP contribution in [0.5, 0.6) is 0 Å². The first-order chi connectivity index (χ1) is 9.26. The summed E-state index contributed by atoms with van der Waals surface area (Å²) in [4.78, 5) is 20.6. The molecule has 0 fully saturated rings. The number of ether oxygens (including phenoxy) is 1. The highest BCUT2D eigenvalue weighted by Gasteiger charge is 2.06. The zero-order valence-corrected chi connectivity index (χ0v) is 11.6. The summed E-state index contributed by atoms with van der Waals surface area (Å²) in [6.45, 7) is 1.19. The van der Waals surface area contributed by atoms with E-state index >= 15 is 0 Å². The van der Waals surface area contributed by atoms with E-state index in [1.807, 2.05) is 28.8 Å². The Balaban J connectivity index is 2.49.